The highest BCUT2D eigenvalue weighted by atomic mass is 35.5. The number of amides is 1. The predicted octanol–water partition coefficient (Wildman–Crippen LogP) is 6.70. The molecule has 2 atom stereocenters. The lowest BCUT2D eigenvalue weighted by Crippen LogP contribution is -2.33. The number of carbonyl (C=O) groups excluding carboxylic acids is 1. The molecule has 0 bridgehead atoms. The fourth-order valence-electron chi connectivity index (χ4n) is 3.89. The van der Waals surface area contributed by atoms with Crippen LogP contribution in [0.2, 0.25) is 5.02 Å². The Morgan fingerprint density at radius 3 is 2.40 bits per heavy atom. The van der Waals surface area contributed by atoms with Gasteiger partial charge in [-0.05, 0) is 67.3 Å². The number of benzene rings is 3. The van der Waals surface area contributed by atoms with Crippen molar-refractivity contribution in [3.05, 3.63) is 93.7 Å². The van der Waals surface area contributed by atoms with E-state index in [9.17, 15) is 9.59 Å². The maximum absolute atomic E-state index is 13.6. The fourth-order valence-corrected chi connectivity index (χ4v) is 5.08. The summed E-state index contributed by atoms with van der Waals surface area (Å²) in [4.78, 5) is 33.3. The summed E-state index contributed by atoms with van der Waals surface area (Å²) in [5, 5.41) is 0.905. The highest BCUT2D eigenvalue weighted by Gasteiger charge is 2.23. The quantitative estimate of drug-likeness (QED) is 0.207. The minimum atomic E-state index is -0.470. The second-order valence-electron chi connectivity index (χ2n) is 8.59. The third kappa shape index (κ3) is 5.29. The molecule has 1 heterocycles. The molecule has 7 heteroatoms. The molecular formula is C28H28ClN3O2S. The van der Waals surface area contributed by atoms with Crippen LogP contribution in [0.15, 0.2) is 82.7 Å². The fraction of sp³-hybridized carbons (Fsp3) is 0.250. The number of halogens is 1. The number of hydrogen-bond acceptors (Lipinski definition) is 4. The minimum Gasteiger partial charge on any atom is -0.315 e. The first kappa shape index (κ1) is 25.0. The van der Waals surface area contributed by atoms with Crippen LogP contribution in [-0.4, -0.2) is 27.8 Å². The Hall–Kier alpha value is -3.09. The average molecular weight is 506 g/mol. The maximum Gasteiger partial charge on any atom is 0.266 e. The van der Waals surface area contributed by atoms with E-state index in [0.29, 0.717) is 32.7 Å². The summed E-state index contributed by atoms with van der Waals surface area (Å²) in [5.41, 5.74) is 3.06. The number of fused-ring (bicyclic) bond motifs is 1. The number of thioether (sulfide) groups is 1. The van der Waals surface area contributed by atoms with E-state index in [2.05, 4.69) is 13.8 Å². The second kappa shape index (κ2) is 10.7. The van der Waals surface area contributed by atoms with Crippen molar-refractivity contribution < 1.29 is 4.79 Å². The molecule has 0 aliphatic carbocycles. The molecule has 0 spiro atoms. The van der Waals surface area contributed by atoms with E-state index in [1.807, 2.05) is 61.5 Å². The van der Waals surface area contributed by atoms with Gasteiger partial charge in [0.2, 0.25) is 5.91 Å². The largest absolute Gasteiger partial charge is 0.315 e. The topological polar surface area (TPSA) is 55.2 Å². The van der Waals surface area contributed by atoms with Crippen LogP contribution in [0, 0.1) is 0 Å². The smallest absolute Gasteiger partial charge is 0.266 e. The summed E-state index contributed by atoms with van der Waals surface area (Å²) in [6.07, 6.45) is 1.03. The van der Waals surface area contributed by atoms with Crippen LogP contribution < -0.4 is 10.5 Å². The van der Waals surface area contributed by atoms with Crippen molar-refractivity contribution in [2.75, 3.05) is 11.9 Å². The lowest BCUT2D eigenvalue weighted by molar-refractivity contribution is -0.117. The molecule has 0 aliphatic heterocycles. The van der Waals surface area contributed by atoms with Crippen LogP contribution in [0.3, 0.4) is 0 Å². The lowest BCUT2D eigenvalue weighted by Gasteiger charge is -2.22. The summed E-state index contributed by atoms with van der Waals surface area (Å²) < 4.78 is 1.58. The zero-order valence-electron chi connectivity index (χ0n) is 20.2. The van der Waals surface area contributed by atoms with Crippen molar-refractivity contribution in [3.8, 4) is 5.69 Å². The van der Waals surface area contributed by atoms with Crippen LogP contribution in [0.5, 0.6) is 0 Å². The number of nitrogens with zero attached hydrogens (tertiary/aromatic N) is 3. The number of para-hydroxylation sites is 1. The number of rotatable bonds is 7. The molecule has 2 unspecified atom stereocenters. The van der Waals surface area contributed by atoms with E-state index in [-0.39, 0.29) is 11.5 Å². The van der Waals surface area contributed by atoms with Gasteiger partial charge in [0.25, 0.3) is 5.56 Å². The first-order valence-electron chi connectivity index (χ1n) is 11.6. The lowest BCUT2D eigenvalue weighted by atomic mass is 9.98. The Balaban J connectivity index is 1.77. The van der Waals surface area contributed by atoms with Gasteiger partial charge in [0.05, 0.1) is 21.8 Å². The van der Waals surface area contributed by atoms with Gasteiger partial charge in [-0.1, -0.05) is 67.5 Å². The van der Waals surface area contributed by atoms with Crippen molar-refractivity contribution in [1.82, 2.24) is 9.55 Å². The Morgan fingerprint density at radius 1 is 1.06 bits per heavy atom. The first-order chi connectivity index (χ1) is 16.8. The first-order valence-corrected chi connectivity index (χ1v) is 12.9. The van der Waals surface area contributed by atoms with Crippen molar-refractivity contribution in [2.24, 2.45) is 0 Å². The van der Waals surface area contributed by atoms with Gasteiger partial charge in [-0.2, -0.15) is 0 Å². The molecule has 1 amide bonds. The highest BCUT2D eigenvalue weighted by molar-refractivity contribution is 8.00. The van der Waals surface area contributed by atoms with E-state index in [1.165, 1.54) is 17.3 Å². The van der Waals surface area contributed by atoms with Crippen molar-refractivity contribution in [2.45, 2.75) is 43.5 Å². The van der Waals surface area contributed by atoms with Gasteiger partial charge in [0.1, 0.15) is 0 Å². The Kier molecular flexibility index (Phi) is 7.63. The monoisotopic (exact) mass is 505 g/mol. The molecule has 4 rings (SSSR count). The number of hydrogen-bond donors (Lipinski definition) is 0. The molecule has 1 aromatic heterocycles. The van der Waals surface area contributed by atoms with Gasteiger partial charge in [-0.25, -0.2) is 4.98 Å². The van der Waals surface area contributed by atoms with Gasteiger partial charge in [-0.15, -0.1) is 0 Å². The van der Waals surface area contributed by atoms with Gasteiger partial charge in [0.15, 0.2) is 5.16 Å². The normalized spacial score (nSPS) is 12.9. The number of anilines is 1. The third-order valence-corrected chi connectivity index (χ3v) is 7.51. The SMILES string of the molecule is CCC(C)c1ccc(-n2c(SC(C)C(=O)N(C)c3ccccc3)nc3ccc(Cl)cc3c2=O)cc1. The zero-order valence-corrected chi connectivity index (χ0v) is 21.8. The van der Waals surface area contributed by atoms with Crippen molar-refractivity contribution >= 4 is 45.9 Å². The van der Waals surface area contributed by atoms with Crippen LogP contribution in [0.1, 0.15) is 38.7 Å². The molecule has 180 valence electrons. The second-order valence-corrected chi connectivity index (χ2v) is 10.3. The molecule has 35 heavy (non-hydrogen) atoms. The van der Waals surface area contributed by atoms with Gasteiger partial charge < -0.3 is 4.90 Å². The molecule has 5 nitrogen and oxygen atoms in total. The minimum absolute atomic E-state index is 0.0784. The van der Waals surface area contributed by atoms with Gasteiger partial charge in [-0.3, -0.25) is 14.2 Å². The summed E-state index contributed by atoms with van der Waals surface area (Å²) in [7, 11) is 1.76. The van der Waals surface area contributed by atoms with E-state index in [1.54, 1.807) is 34.7 Å². The van der Waals surface area contributed by atoms with Crippen LogP contribution >= 0.6 is 23.4 Å². The Labute approximate surface area is 214 Å². The van der Waals surface area contributed by atoms with Crippen LogP contribution in [0.4, 0.5) is 5.69 Å². The zero-order chi connectivity index (χ0) is 25.1. The molecular weight excluding hydrogens is 478 g/mol. The van der Waals surface area contributed by atoms with Crippen molar-refractivity contribution in [3.63, 3.8) is 0 Å². The van der Waals surface area contributed by atoms with E-state index in [4.69, 9.17) is 16.6 Å². The summed E-state index contributed by atoms with van der Waals surface area (Å²) in [6, 6.07) is 22.6. The van der Waals surface area contributed by atoms with E-state index >= 15 is 0 Å². The summed E-state index contributed by atoms with van der Waals surface area (Å²) in [5.74, 6) is 0.347. The third-order valence-electron chi connectivity index (χ3n) is 6.24. The molecule has 0 saturated heterocycles. The highest BCUT2D eigenvalue weighted by Crippen LogP contribution is 2.29. The average Bonchev–Trinajstić information content (AvgIpc) is 2.88. The molecule has 0 aliphatic rings. The molecule has 3 aromatic carbocycles. The molecule has 0 N–H and O–H groups in total. The van der Waals surface area contributed by atoms with E-state index in [0.717, 1.165) is 12.1 Å². The van der Waals surface area contributed by atoms with Crippen molar-refractivity contribution in [1.29, 1.82) is 0 Å². The number of carbonyl (C=O) groups is 1. The molecule has 0 fully saturated rings. The summed E-state index contributed by atoms with van der Waals surface area (Å²) >= 11 is 7.46. The Bertz CT molecular complexity index is 1400. The summed E-state index contributed by atoms with van der Waals surface area (Å²) in [6.45, 7) is 6.17. The number of aromatic nitrogens is 2. The molecule has 0 radical (unpaired) electrons. The van der Waals surface area contributed by atoms with Gasteiger partial charge in [0, 0.05) is 17.8 Å². The maximum atomic E-state index is 13.6. The van der Waals surface area contributed by atoms with Crippen LogP contribution in [0.25, 0.3) is 16.6 Å². The van der Waals surface area contributed by atoms with Crippen LogP contribution in [-0.2, 0) is 4.79 Å². The van der Waals surface area contributed by atoms with E-state index < -0.39 is 5.25 Å². The van der Waals surface area contributed by atoms with Gasteiger partial charge >= 0.3 is 0 Å². The predicted molar refractivity (Wildman–Crippen MR) is 146 cm³/mol. The Morgan fingerprint density at radius 2 is 1.74 bits per heavy atom. The standard InChI is InChI=1S/C28H28ClN3O2S/c1-5-18(2)20-11-14-23(15-12-20)32-27(34)24-17-21(29)13-16-25(24)30-28(32)35-19(3)26(33)31(4)22-9-7-6-8-10-22/h6-19H,5H2,1-4H3. The molecule has 4 aromatic rings. The molecule has 0 saturated carbocycles.